The molecule has 1 aromatic carbocycles. The van der Waals surface area contributed by atoms with Gasteiger partial charge in [0.2, 0.25) is 5.91 Å². The first-order valence-electron chi connectivity index (χ1n) is 7.02. The van der Waals surface area contributed by atoms with Crippen molar-refractivity contribution in [3.63, 3.8) is 0 Å². The molecule has 0 spiro atoms. The van der Waals surface area contributed by atoms with Crippen LogP contribution in [0.4, 0.5) is 15.8 Å². The number of carbonyl (C=O) groups excluding carboxylic acids is 3. The van der Waals surface area contributed by atoms with E-state index in [1.165, 1.54) is 19.1 Å². The summed E-state index contributed by atoms with van der Waals surface area (Å²) in [6.07, 6.45) is 1.56. The van der Waals surface area contributed by atoms with E-state index in [2.05, 4.69) is 20.9 Å². The fourth-order valence-electron chi connectivity index (χ4n) is 1.83. The molecular formula is C16H15FN4O3. The highest BCUT2D eigenvalue weighted by Gasteiger charge is 2.16. The van der Waals surface area contributed by atoms with Gasteiger partial charge >= 0.3 is 11.8 Å². The second-order valence-corrected chi connectivity index (χ2v) is 4.83. The van der Waals surface area contributed by atoms with Crippen molar-refractivity contribution in [3.05, 3.63) is 54.1 Å². The monoisotopic (exact) mass is 330 g/mol. The standard InChI is InChI=1S/C16H15FN4O3/c1-10(22)20-11-5-6-13(17)14(8-11)21-16(24)15(23)19-9-12-4-2-3-7-18-12/h2-8H,9H2,1H3,(H,19,23)(H,20,22)(H,21,24). The summed E-state index contributed by atoms with van der Waals surface area (Å²) in [6, 6.07) is 8.80. The molecule has 7 nitrogen and oxygen atoms in total. The summed E-state index contributed by atoms with van der Waals surface area (Å²) in [6.45, 7) is 1.37. The number of anilines is 2. The van der Waals surface area contributed by atoms with Gasteiger partial charge in [-0.2, -0.15) is 0 Å². The lowest BCUT2D eigenvalue weighted by Crippen LogP contribution is -2.35. The Labute approximate surface area is 137 Å². The predicted octanol–water partition coefficient (Wildman–Crippen LogP) is 1.43. The molecule has 24 heavy (non-hydrogen) atoms. The molecule has 0 saturated carbocycles. The second-order valence-electron chi connectivity index (χ2n) is 4.83. The zero-order valence-corrected chi connectivity index (χ0v) is 12.8. The lowest BCUT2D eigenvalue weighted by Gasteiger charge is -2.09. The number of hydrogen-bond acceptors (Lipinski definition) is 4. The molecule has 8 heteroatoms. The van der Waals surface area contributed by atoms with Crippen LogP contribution in [0.5, 0.6) is 0 Å². The largest absolute Gasteiger partial charge is 0.342 e. The van der Waals surface area contributed by atoms with Crippen LogP contribution in [0.1, 0.15) is 12.6 Å². The van der Waals surface area contributed by atoms with E-state index in [9.17, 15) is 18.8 Å². The van der Waals surface area contributed by atoms with Crippen LogP contribution in [0, 0.1) is 5.82 Å². The number of pyridine rings is 1. The van der Waals surface area contributed by atoms with Crippen molar-refractivity contribution in [3.8, 4) is 0 Å². The van der Waals surface area contributed by atoms with Crippen molar-refractivity contribution >= 4 is 29.1 Å². The summed E-state index contributed by atoms with van der Waals surface area (Å²) >= 11 is 0. The quantitative estimate of drug-likeness (QED) is 0.738. The summed E-state index contributed by atoms with van der Waals surface area (Å²) in [5, 5.41) is 7.00. The first-order chi connectivity index (χ1) is 11.5. The molecule has 124 valence electrons. The number of benzene rings is 1. The van der Waals surface area contributed by atoms with Gasteiger partial charge in [0.05, 0.1) is 17.9 Å². The van der Waals surface area contributed by atoms with E-state index in [-0.39, 0.29) is 18.1 Å². The summed E-state index contributed by atoms with van der Waals surface area (Å²) in [4.78, 5) is 38.6. The molecular weight excluding hydrogens is 315 g/mol. The molecule has 3 N–H and O–H groups in total. The van der Waals surface area contributed by atoms with Gasteiger partial charge in [0.1, 0.15) is 5.82 Å². The number of amides is 3. The van der Waals surface area contributed by atoms with Crippen LogP contribution in [-0.2, 0) is 20.9 Å². The van der Waals surface area contributed by atoms with Crippen LogP contribution in [0.3, 0.4) is 0 Å². The average molecular weight is 330 g/mol. The number of aromatic nitrogens is 1. The molecule has 2 aromatic rings. The maximum absolute atomic E-state index is 13.7. The van der Waals surface area contributed by atoms with Crippen LogP contribution < -0.4 is 16.0 Å². The van der Waals surface area contributed by atoms with Gasteiger partial charge in [-0.3, -0.25) is 19.4 Å². The Kier molecular flexibility index (Phi) is 5.56. The number of rotatable bonds is 4. The van der Waals surface area contributed by atoms with Crippen molar-refractivity contribution in [1.29, 1.82) is 0 Å². The van der Waals surface area contributed by atoms with Gasteiger partial charge in [0.25, 0.3) is 0 Å². The second kappa shape index (κ2) is 7.82. The SMILES string of the molecule is CC(=O)Nc1ccc(F)c(NC(=O)C(=O)NCc2ccccn2)c1. The normalized spacial score (nSPS) is 9.92. The van der Waals surface area contributed by atoms with Gasteiger partial charge in [-0.1, -0.05) is 6.07 Å². The van der Waals surface area contributed by atoms with Crippen molar-refractivity contribution in [2.45, 2.75) is 13.5 Å². The van der Waals surface area contributed by atoms with Gasteiger partial charge in [0, 0.05) is 18.8 Å². The van der Waals surface area contributed by atoms with Crippen LogP contribution in [0.15, 0.2) is 42.6 Å². The van der Waals surface area contributed by atoms with E-state index in [1.807, 2.05) is 0 Å². The minimum absolute atomic E-state index is 0.0709. The molecule has 0 atom stereocenters. The molecule has 2 rings (SSSR count). The van der Waals surface area contributed by atoms with E-state index in [0.717, 1.165) is 6.07 Å². The van der Waals surface area contributed by atoms with Crippen LogP contribution in [0.2, 0.25) is 0 Å². The fraction of sp³-hybridized carbons (Fsp3) is 0.125. The van der Waals surface area contributed by atoms with Crippen molar-refractivity contribution in [1.82, 2.24) is 10.3 Å². The van der Waals surface area contributed by atoms with E-state index >= 15 is 0 Å². The number of nitrogens with zero attached hydrogens (tertiary/aromatic N) is 1. The number of hydrogen-bond donors (Lipinski definition) is 3. The van der Waals surface area contributed by atoms with E-state index in [4.69, 9.17) is 0 Å². The highest BCUT2D eigenvalue weighted by molar-refractivity contribution is 6.39. The Bertz CT molecular complexity index is 765. The fourth-order valence-corrected chi connectivity index (χ4v) is 1.83. The average Bonchev–Trinajstić information content (AvgIpc) is 2.56. The third kappa shape index (κ3) is 4.87. The summed E-state index contributed by atoms with van der Waals surface area (Å²) in [5.41, 5.74) is 0.671. The van der Waals surface area contributed by atoms with E-state index in [0.29, 0.717) is 11.4 Å². The Morgan fingerprint density at radius 1 is 1.08 bits per heavy atom. The first kappa shape index (κ1) is 17.1. The third-order valence-electron chi connectivity index (χ3n) is 2.90. The molecule has 0 aliphatic rings. The Morgan fingerprint density at radius 2 is 1.88 bits per heavy atom. The molecule has 1 aromatic heterocycles. The zero-order valence-electron chi connectivity index (χ0n) is 12.8. The summed E-state index contributed by atoms with van der Waals surface area (Å²) in [5.74, 6) is -3.02. The number of carbonyl (C=O) groups is 3. The molecule has 1 heterocycles. The van der Waals surface area contributed by atoms with Gasteiger partial charge in [-0.25, -0.2) is 4.39 Å². The Balaban J connectivity index is 1.98. The van der Waals surface area contributed by atoms with Crippen molar-refractivity contribution < 1.29 is 18.8 Å². The molecule has 0 unspecified atom stereocenters. The number of halogens is 1. The van der Waals surface area contributed by atoms with Crippen LogP contribution in [-0.4, -0.2) is 22.7 Å². The van der Waals surface area contributed by atoms with Gasteiger partial charge in [-0.15, -0.1) is 0 Å². The van der Waals surface area contributed by atoms with E-state index < -0.39 is 17.6 Å². The van der Waals surface area contributed by atoms with Crippen LogP contribution >= 0.6 is 0 Å². The maximum atomic E-state index is 13.7. The number of nitrogens with one attached hydrogen (secondary N) is 3. The Hall–Kier alpha value is -3.29. The predicted molar refractivity (Wildman–Crippen MR) is 85.4 cm³/mol. The maximum Gasteiger partial charge on any atom is 0.313 e. The van der Waals surface area contributed by atoms with Crippen molar-refractivity contribution in [2.24, 2.45) is 0 Å². The molecule has 3 amide bonds. The molecule has 0 aliphatic carbocycles. The topological polar surface area (TPSA) is 100 Å². The summed E-state index contributed by atoms with van der Waals surface area (Å²) < 4.78 is 13.7. The highest BCUT2D eigenvalue weighted by Crippen LogP contribution is 2.19. The van der Waals surface area contributed by atoms with E-state index in [1.54, 1.807) is 24.4 Å². The van der Waals surface area contributed by atoms with Gasteiger partial charge < -0.3 is 16.0 Å². The third-order valence-corrected chi connectivity index (χ3v) is 2.90. The minimum Gasteiger partial charge on any atom is -0.342 e. The Morgan fingerprint density at radius 3 is 2.54 bits per heavy atom. The lowest BCUT2D eigenvalue weighted by molar-refractivity contribution is -0.136. The summed E-state index contributed by atoms with van der Waals surface area (Å²) in [7, 11) is 0. The first-order valence-corrected chi connectivity index (χ1v) is 7.02. The highest BCUT2D eigenvalue weighted by atomic mass is 19.1. The molecule has 0 aliphatic heterocycles. The van der Waals surface area contributed by atoms with Crippen LogP contribution in [0.25, 0.3) is 0 Å². The molecule has 0 saturated heterocycles. The van der Waals surface area contributed by atoms with Gasteiger partial charge in [0.15, 0.2) is 0 Å². The molecule has 0 radical (unpaired) electrons. The molecule has 0 fully saturated rings. The van der Waals surface area contributed by atoms with Gasteiger partial charge in [-0.05, 0) is 30.3 Å². The smallest absolute Gasteiger partial charge is 0.313 e. The molecule has 0 bridgehead atoms. The zero-order chi connectivity index (χ0) is 17.5. The lowest BCUT2D eigenvalue weighted by atomic mass is 10.2. The minimum atomic E-state index is -1.02. The van der Waals surface area contributed by atoms with Crippen molar-refractivity contribution in [2.75, 3.05) is 10.6 Å².